The fourth-order valence-electron chi connectivity index (χ4n) is 3.40. The van der Waals surface area contributed by atoms with Crippen molar-refractivity contribution in [2.24, 2.45) is 0 Å². The normalized spacial score (nSPS) is 15.0. The molecule has 1 atom stereocenters. The number of nitrogens with zero attached hydrogens (tertiary/aromatic N) is 1. The summed E-state index contributed by atoms with van der Waals surface area (Å²) in [6.45, 7) is 5.48. The number of hydrogen-bond acceptors (Lipinski definition) is 3. The van der Waals surface area contributed by atoms with Crippen LogP contribution in [0.15, 0.2) is 48.5 Å². The van der Waals surface area contributed by atoms with Gasteiger partial charge in [0.05, 0.1) is 0 Å². The topological polar surface area (TPSA) is 58.6 Å². The third-order valence-electron chi connectivity index (χ3n) is 5.05. The van der Waals surface area contributed by atoms with Gasteiger partial charge in [0.2, 0.25) is 0 Å². The molecule has 1 unspecified atom stereocenters. The molecule has 5 nitrogen and oxygen atoms in total. The van der Waals surface area contributed by atoms with Gasteiger partial charge in [-0.05, 0) is 62.4 Å². The van der Waals surface area contributed by atoms with Gasteiger partial charge < -0.3 is 15.0 Å². The van der Waals surface area contributed by atoms with Crippen molar-refractivity contribution in [3.05, 3.63) is 59.7 Å². The highest BCUT2D eigenvalue weighted by molar-refractivity contribution is 5.98. The first-order valence-corrected chi connectivity index (χ1v) is 10.0. The van der Waals surface area contributed by atoms with E-state index in [0.717, 1.165) is 31.5 Å². The number of carbonyl (C=O) groups excluding carboxylic acids is 2. The van der Waals surface area contributed by atoms with Crippen LogP contribution in [0.25, 0.3) is 0 Å². The molecule has 28 heavy (non-hydrogen) atoms. The monoisotopic (exact) mass is 380 g/mol. The Kier molecular flexibility index (Phi) is 6.69. The quantitative estimate of drug-likeness (QED) is 0.807. The first-order chi connectivity index (χ1) is 13.6. The summed E-state index contributed by atoms with van der Waals surface area (Å²) in [6, 6.07) is 14.8. The molecule has 1 heterocycles. The molecule has 0 aromatic heterocycles. The number of rotatable bonds is 6. The zero-order chi connectivity index (χ0) is 19.9. The SMILES string of the molecule is CCC(Oc1ccccc1C)C(=O)Nc1cccc(C(=O)N2CCCCC2)c1. The Morgan fingerprint density at radius 2 is 1.82 bits per heavy atom. The molecule has 148 valence electrons. The van der Waals surface area contributed by atoms with E-state index in [4.69, 9.17) is 4.74 Å². The number of carbonyl (C=O) groups is 2. The van der Waals surface area contributed by atoms with E-state index in [1.165, 1.54) is 6.42 Å². The largest absolute Gasteiger partial charge is 0.480 e. The molecule has 1 saturated heterocycles. The average molecular weight is 380 g/mol. The van der Waals surface area contributed by atoms with E-state index in [-0.39, 0.29) is 11.8 Å². The summed E-state index contributed by atoms with van der Waals surface area (Å²) in [5.41, 5.74) is 2.20. The third kappa shape index (κ3) is 4.91. The van der Waals surface area contributed by atoms with E-state index in [2.05, 4.69) is 5.32 Å². The van der Waals surface area contributed by atoms with Gasteiger partial charge in [0.15, 0.2) is 6.10 Å². The van der Waals surface area contributed by atoms with Crippen molar-refractivity contribution in [3.63, 3.8) is 0 Å². The van der Waals surface area contributed by atoms with Gasteiger partial charge in [0, 0.05) is 24.3 Å². The van der Waals surface area contributed by atoms with Gasteiger partial charge in [0.25, 0.3) is 11.8 Å². The minimum Gasteiger partial charge on any atom is -0.480 e. The summed E-state index contributed by atoms with van der Waals surface area (Å²) in [5.74, 6) is 0.519. The highest BCUT2D eigenvalue weighted by atomic mass is 16.5. The summed E-state index contributed by atoms with van der Waals surface area (Å²) in [4.78, 5) is 27.3. The number of benzene rings is 2. The van der Waals surface area contributed by atoms with Gasteiger partial charge in [-0.2, -0.15) is 0 Å². The van der Waals surface area contributed by atoms with Crippen LogP contribution in [-0.4, -0.2) is 35.9 Å². The molecule has 0 bridgehead atoms. The van der Waals surface area contributed by atoms with Crippen molar-refractivity contribution >= 4 is 17.5 Å². The molecule has 0 spiro atoms. The number of para-hydroxylation sites is 1. The highest BCUT2D eigenvalue weighted by Gasteiger charge is 2.21. The maximum absolute atomic E-state index is 12.7. The van der Waals surface area contributed by atoms with Crippen LogP contribution in [-0.2, 0) is 4.79 Å². The van der Waals surface area contributed by atoms with Crippen molar-refractivity contribution in [3.8, 4) is 5.75 Å². The zero-order valence-corrected chi connectivity index (χ0v) is 16.6. The van der Waals surface area contributed by atoms with E-state index < -0.39 is 6.10 Å². The predicted molar refractivity (Wildman–Crippen MR) is 111 cm³/mol. The maximum atomic E-state index is 12.7. The number of anilines is 1. The van der Waals surface area contributed by atoms with Gasteiger partial charge in [-0.3, -0.25) is 9.59 Å². The molecule has 0 radical (unpaired) electrons. The van der Waals surface area contributed by atoms with E-state index in [0.29, 0.717) is 23.4 Å². The van der Waals surface area contributed by atoms with Gasteiger partial charge in [-0.25, -0.2) is 0 Å². The van der Waals surface area contributed by atoms with Gasteiger partial charge >= 0.3 is 0 Å². The second-order valence-electron chi connectivity index (χ2n) is 7.20. The summed E-state index contributed by atoms with van der Waals surface area (Å²) >= 11 is 0. The van der Waals surface area contributed by atoms with Crippen LogP contribution in [0.3, 0.4) is 0 Å². The molecular weight excluding hydrogens is 352 g/mol. The van der Waals surface area contributed by atoms with E-state index in [1.54, 1.807) is 24.3 Å². The fraction of sp³-hybridized carbons (Fsp3) is 0.391. The predicted octanol–water partition coefficient (Wildman–Crippen LogP) is 4.42. The van der Waals surface area contributed by atoms with E-state index >= 15 is 0 Å². The molecular formula is C23H28N2O3. The molecule has 1 N–H and O–H groups in total. The Morgan fingerprint density at radius 1 is 1.07 bits per heavy atom. The first-order valence-electron chi connectivity index (χ1n) is 10.0. The Morgan fingerprint density at radius 3 is 2.54 bits per heavy atom. The maximum Gasteiger partial charge on any atom is 0.265 e. The van der Waals surface area contributed by atoms with Crippen LogP contribution in [0.4, 0.5) is 5.69 Å². The van der Waals surface area contributed by atoms with E-state index in [1.807, 2.05) is 43.0 Å². The lowest BCUT2D eigenvalue weighted by atomic mass is 10.1. The van der Waals surface area contributed by atoms with Crippen LogP contribution >= 0.6 is 0 Å². The zero-order valence-electron chi connectivity index (χ0n) is 16.6. The molecule has 0 saturated carbocycles. The Balaban J connectivity index is 1.67. The molecule has 3 rings (SSSR count). The van der Waals surface area contributed by atoms with Crippen LogP contribution in [0.5, 0.6) is 5.75 Å². The van der Waals surface area contributed by atoms with Gasteiger partial charge in [0.1, 0.15) is 5.75 Å². The smallest absolute Gasteiger partial charge is 0.265 e. The van der Waals surface area contributed by atoms with Crippen LogP contribution in [0.1, 0.15) is 48.5 Å². The number of likely N-dealkylation sites (tertiary alicyclic amines) is 1. The molecule has 5 heteroatoms. The van der Waals surface area contributed by atoms with Crippen molar-refractivity contribution in [2.75, 3.05) is 18.4 Å². The van der Waals surface area contributed by atoms with Crippen molar-refractivity contribution in [2.45, 2.75) is 45.6 Å². The number of ether oxygens (including phenoxy) is 1. The molecule has 2 amide bonds. The number of piperidine rings is 1. The third-order valence-corrected chi connectivity index (χ3v) is 5.05. The Hall–Kier alpha value is -2.82. The van der Waals surface area contributed by atoms with Crippen LogP contribution < -0.4 is 10.1 Å². The second kappa shape index (κ2) is 9.40. The highest BCUT2D eigenvalue weighted by Crippen LogP contribution is 2.20. The fourth-order valence-corrected chi connectivity index (χ4v) is 3.40. The lowest BCUT2D eigenvalue weighted by Crippen LogP contribution is -2.35. The molecule has 1 aliphatic heterocycles. The van der Waals surface area contributed by atoms with Crippen molar-refractivity contribution < 1.29 is 14.3 Å². The lowest BCUT2D eigenvalue weighted by molar-refractivity contribution is -0.122. The molecule has 0 aliphatic carbocycles. The first kappa shape index (κ1) is 19.9. The van der Waals surface area contributed by atoms with Crippen molar-refractivity contribution in [1.82, 2.24) is 4.90 Å². The standard InChI is InChI=1S/C23H28N2O3/c1-3-20(28-21-13-6-5-10-17(21)2)22(26)24-19-12-9-11-18(16-19)23(27)25-14-7-4-8-15-25/h5-6,9-13,16,20H,3-4,7-8,14-15H2,1-2H3,(H,24,26). The summed E-state index contributed by atoms with van der Waals surface area (Å²) in [6.07, 6.45) is 3.24. The minimum absolute atomic E-state index is 0.0269. The van der Waals surface area contributed by atoms with Crippen LogP contribution in [0, 0.1) is 6.92 Å². The number of hydrogen-bond donors (Lipinski definition) is 1. The molecule has 2 aromatic carbocycles. The summed E-state index contributed by atoms with van der Waals surface area (Å²) in [7, 11) is 0. The second-order valence-corrected chi connectivity index (χ2v) is 7.20. The summed E-state index contributed by atoms with van der Waals surface area (Å²) in [5, 5.41) is 2.90. The molecule has 1 aliphatic rings. The lowest BCUT2D eigenvalue weighted by Gasteiger charge is -2.27. The number of amides is 2. The van der Waals surface area contributed by atoms with Gasteiger partial charge in [-0.15, -0.1) is 0 Å². The number of aryl methyl sites for hydroxylation is 1. The minimum atomic E-state index is -0.595. The Labute approximate surface area is 166 Å². The number of nitrogens with one attached hydrogen (secondary N) is 1. The van der Waals surface area contributed by atoms with Crippen molar-refractivity contribution in [1.29, 1.82) is 0 Å². The van der Waals surface area contributed by atoms with Gasteiger partial charge in [-0.1, -0.05) is 31.2 Å². The summed E-state index contributed by atoms with van der Waals surface area (Å²) < 4.78 is 5.91. The Bertz CT molecular complexity index is 828. The average Bonchev–Trinajstić information content (AvgIpc) is 2.73. The van der Waals surface area contributed by atoms with Crippen LogP contribution in [0.2, 0.25) is 0 Å². The molecule has 2 aromatic rings. The van der Waals surface area contributed by atoms with E-state index in [9.17, 15) is 9.59 Å². The molecule has 1 fully saturated rings.